The first-order valence-corrected chi connectivity index (χ1v) is 4.22. The molecule has 0 fully saturated rings. The van der Waals surface area contributed by atoms with E-state index >= 15 is 0 Å². The van der Waals surface area contributed by atoms with Crippen molar-refractivity contribution < 1.29 is 23.4 Å². The first-order valence-electron chi connectivity index (χ1n) is 4.22. The van der Waals surface area contributed by atoms with Gasteiger partial charge in [-0.15, -0.1) is 0 Å². The fraction of sp³-hybridized carbons (Fsp3) is 0.300. The van der Waals surface area contributed by atoms with Crippen molar-refractivity contribution in [1.82, 2.24) is 0 Å². The van der Waals surface area contributed by atoms with E-state index in [1.54, 1.807) is 0 Å². The van der Waals surface area contributed by atoms with Crippen LogP contribution in [-0.2, 0) is 11.2 Å². The fourth-order valence-electron chi connectivity index (χ4n) is 1.33. The van der Waals surface area contributed by atoms with E-state index in [2.05, 4.69) is 0 Å². The first kappa shape index (κ1) is 11.4. The van der Waals surface area contributed by atoms with E-state index in [0.717, 1.165) is 0 Å². The van der Waals surface area contributed by atoms with E-state index in [-0.39, 0.29) is 16.9 Å². The first-order chi connectivity index (χ1) is 7.06. The van der Waals surface area contributed by atoms with Crippen LogP contribution in [0.5, 0.6) is 5.75 Å². The normalized spacial score (nSPS) is 10.4. The van der Waals surface area contributed by atoms with Crippen LogP contribution in [0, 0.1) is 0 Å². The molecule has 0 amide bonds. The van der Waals surface area contributed by atoms with Gasteiger partial charge in [0.15, 0.2) is 0 Å². The van der Waals surface area contributed by atoms with E-state index in [1.165, 1.54) is 25.3 Å². The van der Waals surface area contributed by atoms with E-state index < -0.39 is 18.8 Å². The summed E-state index contributed by atoms with van der Waals surface area (Å²) in [5, 5.41) is 8.55. The average Bonchev–Trinajstić information content (AvgIpc) is 2.15. The number of carbonyl (C=O) groups is 1. The number of hydrogen-bond donors (Lipinski definition) is 1. The van der Waals surface area contributed by atoms with E-state index in [9.17, 15) is 13.6 Å². The minimum absolute atomic E-state index is 0.0174. The highest BCUT2D eigenvalue weighted by Gasteiger charge is 2.19. The minimum atomic E-state index is -2.74. The van der Waals surface area contributed by atoms with Crippen LogP contribution in [0.1, 0.15) is 17.6 Å². The van der Waals surface area contributed by atoms with Crippen molar-refractivity contribution in [2.24, 2.45) is 0 Å². The SMILES string of the molecule is COc1cccc(CC(=O)O)c1C(F)F. The molecule has 0 aliphatic carbocycles. The number of halogens is 2. The predicted molar refractivity (Wildman–Crippen MR) is 49.3 cm³/mol. The molecule has 0 saturated heterocycles. The standard InChI is InChI=1S/C10H10F2O3/c1-15-7-4-2-3-6(5-8(13)14)9(7)10(11)12/h2-4,10H,5H2,1H3,(H,13,14). The van der Waals surface area contributed by atoms with Crippen LogP contribution in [0.2, 0.25) is 0 Å². The maximum absolute atomic E-state index is 12.7. The summed E-state index contributed by atoms with van der Waals surface area (Å²) in [4.78, 5) is 10.5. The van der Waals surface area contributed by atoms with Gasteiger partial charge in [0, 0.05) is 0 Å². The molecule has 82 valence electrons. The van der Waals surface area contributed by atoms with Crippen LogP contribution in [0.4, 0.5) is 8.78 Å². The second-order valence-electron chi connectivity index (χ2n) is 2.90. The lowest BCUT2D eigenvalue weighted by molar-refractivity contribution is -0.136. The molecule has 0 heterocycles. The second kappa shape index (κ2) is 4.72. The average molecular weight is 216 g/mol. The molecule has 0 spiro atoms. The Bertz CT molecular complexity index is 364. The lowest BCUT2D eigenvalue weighted by Crippen LogP contribution is -2.05. The van der Waals surface area contributed by atoms with Crippen LogP contribution in [0.15, 0.2) is 18.2 Å². The summed E-state index contributed by atoms with van der Waals surface area (Å²) in [5.74, 6) is -1.13. The van der Waals surface area contributed by atoms with Crippen LogP contribution >= 0.6 is 0 Å². The Morgan fingerprint density at radius 2 is 2.20 bits per heavy atom. The zero-order valence-corrected chi connectivity index (χ0v) is 8.04. The van der Waals surface area contributed by atoms with E-state index in [0.29, 0.717) is 0 Å². The van der Waals surface area contributed by atoms with Crippen molar-refractivity contribution in [2.45, 2.75) is 12.8 Å². The van der Waals surface area contributed by atoms with Crippen molar-refractivity contribution in [3.05, 3.63) is 29.3 Å². The smallest absolute Gasteiger partial charge is 0.307 e. The molecule has 0 bridgehead atoms. The molecule has 0 aliphatic heterocycles. The minimum Gasteiger partial charge on any atom is -0.496 e. The van der Waals surface area contributed by atoms with Gasteiger partial charge in [-0.25, -0.2) is 8.78 Å². The number of hydrogen-bond acceptors (Lipinski definition) is 2. The Kier molecular flexibility index (Phi) is 3.60. The van der Waals surface area contributed by atoms with Gasteiger partial charge in [0.05, 0.1) is 19.1 Å². The van der Waals surface area contributed by atoms with Crippen molar-refractivity contribution in [2.75, 3.05) is 7.11 Å². The van der Waals surface area contributed by atoms with Gasteiger partial charge in [0.2, 0.25) is 0 Å². The topological polar surface area (TPSA) is 46.5 Å². The fourth-order valence-corrected chi connectivity index (χ4v) is 1.33. The number of aliphatic carboxylic acids is 1. The molecule has 0 saturated carbocycles. The molecule has 1 aromatic carbocycles. The number of rotatable bonds is 4. The number of ether oxygens (including phenoxy) is 1. The summed E-state index contributed by atoms with van der Waals surface area (Å²) in [6.45, 7) is 0. The number of carboxylic acids is 1. The van der Waals surface area contributed by atoms with Gasteiger partial charge in [-0.05, 0) is 11.6 Å². The molecule has 3 nitrogen and oxygen atoms in total. The third-order valence-electron chi connectivity index (χ3n) is 1.94. The molecule has 0 aromatic heterocycles. The molecule has 1 rings (SSSR count). The highest BCUT2D eigenvalue weighted by atomic mass is 19.3. The van der Waals surface area contributed by atoms with Crippen molar-refractivity contribution in [3.8, 4) is 5.75 Å². The summed E-state index contributed by atoms with van der Waals surface area (Å²) in [7, 11) is 1.27. The molecular weight excluding hydrogens is 206 g/mol. The second-order valence-corrected chi connectivity index (χ2v) is 2.90. The third kappa shape index (κ3) is 2.65. The maximum atomic E-state index is 12.7. The van der Waals surface area contributed by atoms with Crippen molar-refractivity contribution in [1.29, 1.82) is 0 Å². The van der Waals surface area contributed by atoms with Gasteiger partial charge in [0.25, 0.3) is 6.43 Å². The summed E-state index contributed by atoms with van der Waals surface area (Å²) >= 11 is 0. The maximum Gasteiger partial charge on any atom is 0.307 e. The molecule has 0 unspecified atom stereocenters. The van der Waals surface area contributed by atoms with Crippen LogP contribution in [-0.4, -0.2) is 18.2 Å². The molecular formula is C10H10F2O3. The largest absolute Gasteiger partial charge is 0.496 e. The van der Waals surface area contributed by atoms with Crippen molar-refractivity contribution >= 4 is 5.97 Å². The van der Waals surface area contributed by atoms with Gasteiger partial charge in [0.1, 0.15) is 5.75 Å². The Labute approximate surface area is 85.3 Å². The van der Waals surface area contributed by atoms with Gasteiger partial charge < -0.3 is 9.84 Å². The van der Waals surface area contributed by atoms with Crippen LogP contribution in [0.25, 0.3) is 0 Å². The number of carboxylic acid groups (broad SMARTS) is 1. The molecule has 15 heavy (non-hydrogen) atoms. The Morgan fingerprint density at radius 1 is 1.53 bits per heavy atom. The van der Waals surface area contributed by atoms with Crippen LogP contribution in [0.3, 0.4) is 0 Å². The summed E-state index contributed by atoms with van der Waals surface area (Å²) < 4.78 is 30.1. The highest BCUT2D eigenvalue weighted by Crippen LogP contribution is 2.32. The lowest BCUT2D eigenvalue weighted by atomic mass is 10.0. The zero-order chi connectivity index (χ0) is 11.4. The third-order valence-corrected chi connectivity index (χ3v) is 1.94. The summed E-state index contributed by atoms with van der Waals surface area (Å²) in [6.07, 6.45) is -3.17. The van der Waals surface area contributed by atoms with Crippen molar-refractivity contribution in [3.63, 3.8) is 0 Å². The molecule has 0 aliphatic rings. The van der Waals surface area contributed by atoms with E-state index in [4.69, 9.17) is 9.84 Å². The van der Waals surface area contributed by atoms with Gasteiger partial charge in [-0.3, -0.25) is 4.79 Å². The summed E-state index contributed by atoms with van der Waals surface area (Å²) in [5.41, 5.74) is -0.265. The number of methoxy groups -OCH3 is 1. The quantitative estimate of drug-likeness (QED) is 0.839. The zero-order valence-electron chi connectivity index (χ0n) is 8.04. The Hall–Kier alpha value is -1.65. The predicted octanol–water partition coefficient (Wildman–Crippen LogP) is 2.26. The summed E-state index contributed by atoms with van der Waals surface area (Å²) in [6, 6.07) is 4.23. The number of alkyl halides is 2. The molecule has 5 heteroatoms. The Morgan fingerprint density at radius 3 is 2.67 bits per heavy atom. The molecule has 1 N–H and O–H groups in total. The van der Waals surface area contributed by atoms with E-state index in [1.807, 2.05) is 0 Å². The van der Waals surface area contributed by atoms with Gasteiger partial charge in [-0.2, -0.15) is 0 Å². The van der Waals surface area contributed by atoms with Gasteiger partial charge in [-0.1, -0.05) is 12.1 Å². The van der Waals surface area contributed by atoms with Gasteiger partial charge >= 0.3 is 5.97 Å². The Balaban J connectivity index is 3.19. The molecule has 0 atom stereocenters. The lowest BCUT2D eigenvalue weighted by Gasteiger charge is -2.11. The molecule has 1 aromatic rings. The van der Waals surface area contributed by atoms with Crippen LogP contribution < -0.4 is 4.74 Å². The highest BCUT2D eigenvalue weighted by molar-refractivity contribution is 5.71. The number of benzene rings is 1. The monoisotopic (exact) mass is 216 g/mol. The molecule has 0 radical (unpaired) electrons.